The Balaban J connectivity index is 1.82. The Kier molecular flexibility index (Phi) is 7.04. The maximum absolute atomic E-state index is 12.2. The molecule has 0 saturated carbocycles. The number of hydrogen-bond acceptors (Lipinski definition) is 5. The number of ether oxygens (including phenoxy) is 2. The van der Waals surface area contributed by atoms with Crippen LogP contribution in [-0.4, -0.2) is 44.8 Å². The number of benzene rings is 1. The molecular weight excluding hydrogens is 306 g/mol. The van der Waals surface area contributed by atoms with Crippen LogP contribution >= 0.6 is 0 Å². The molecule has 2 N–H and O–H groups in total. The van der Waals surface area contributed by atoms with E-state index >= 15 is 0 Å². The smallest absolute Gasteiger partial charge is 0.251 e. The molecule has 0 radical (unpaired) electrons. The second-order valence-corrected chi connectivity index (χ2v) is 5.20. The monoisotopic (exact) mass is 329 g/mol. The van der Waals surface area contributed by atoms with Crippen molar-refractivity contribution in [3.63, 3.8) is 0 Å². The highest BCUT2D eigenvalue weighted by Gasteiger charge is 2.06. The van der Waals surface area contributed by atoms with Gasteiger partial charge in [0, 0.05) is 32.0 Å². The van der Waals surface area contributed by atoms with Crippen LogP contribution in [0.5, 0.6) is 5.75 Å². The maximum atomic E-state index is 12.2. The highest BCUT2D eigenvalue weighted by atomic mass is 16.5. The van der Waals surface area contributed by atoms with Gasteiger partial charge in [0.25, 0.3) is 5.91 Å². The standard InChI is InChI=1S/C18H23N3O3/c1-23-12-11-20-17-13-15(8-10-19-17)18(22)21-9-7-14-3-5-16(24-2)6-4-14/h3-6,8,10,13H,7,9,11-12H2,1-2H3,(H,19,20)(H,21,22). The lowest BCUT2D eigenvalue weighted by molar-refractivity contribution is 0.0954. The topological polar surface area (TPSA) is 72.5 Å². The van der Waals surface area contributed by atoms with Crippen molar-refractivity contribution in [3.8, 4) is 5.75 Å². The summed E-state index contributed by atoms with van der Waals surface area (Å²) >= 11 is 0. The van der Waals surface area contributed by atoms with Crippen LogP contribution in [-0.2, 0) is 11.2 Å². The molecule has 0 unspecified atom stereocenters. The van der Waals surface area contributed by atoms with Gasteiger partial charge < -0.3 is 20.1 Å². The average Bonchev–Trinajstić information content (AvgIpc) is 2.63. The van der Waals surface area contributed by atoms with E-state index in [1.807, 2.05) is 24.3 Å². The summed E-state index contributed by atoms with van der Waals surface area (Å²) in [4.78, 5) is 16.4. The molecule has 0 saturated heterocycles. The van der Waals surface area contributed by atoms with Crippen molar-refractivity contribution in [1.29, 1.82) is 0 Å². The Morgan fingerprint density at radius 3 is 2.62 bits per heavy atom. The lowest BCUT2D eigenvalue weighted by Crippen LogP contribution is -2.25. The van der Waals surface area contributed by atoms with Gasteiger partial charge in [0.1, 0.15) is 11.6 Å². The summed E-state index contributed by atoms with van der Waals surface area (Å²) in [6.45, 7) is 1.80. The second-order valence-electron chi connectivity index (χ2n) is 5.20. The van der Waals surface area contributed by atoms with E-state index in [1.165, 1.54) is 0 Å². The third kappa shape index (κ3) is 5.55. The third-order valence-corrected chi connectivity index (χ3v) is 3.49. The summed E-state index contributed by atoms with van der Waals surface area (Å²) < 4.78 is 10.1. The molecule has 0 atom stereocenters. The molecule has 6 nitrogen and oxygen atoms in total. The Morgan fingerprint density at radius 2 is 1.92 bits per heavy atom. The maximum Gasteiger partial charge on any atom is 0.251 e. The van der Waals surface area contributed by atoms with Crippen molar-refractivity contribution in [3.05, 3.63) is 53.7 Å². The van der Waals surface area contributed by atoms with Gasteiger partial charge >= 0.3 is 0 Å². The summed E-state index contributed by atoms with van der Waals surface area (Å²) in [6, 6.07) is 11.3. The van der Waals surface area contributed by atoms with Gasteiger partial charge in [-0.1, -0.05) is 12.1 Å². The minimum atomic E-state index is -0.110. The fraction of sp³-hybridized carbons (Fsp3) is 0.333. The van der Waals surface area contributed by atoms with Crippen molar-refractivity contribution in [2.24, 2.45) is 0 Å². The van der Waals surface area contributed by atoms with Gasteiger partial charge in [-0.25, -0.2) is 4.98 Å². The van der Waals surface area contributed by atoms with E-state index in [9.17, 15) is 4.79 Å². The van der Waals surface area contributed by atoms with Crippen molar-refractivity contribution in [2.75, 3.05) is 39.2 Å². The number of anilines is 1. The largest absolute Gasteiger partial charge is 0.497 e. The van der Waals surface area contributed by atoms with Crippen LogP contribution in [0.25, 0.3) is 0 Å². The molecule has 24 heavy (non-hydrogen) atoms. The van der Waals surface area contributed by atoms with Gasteiger partial charge in [-0.3, -0.25) is 4.79 Å². The average molecular weight is 329 g/mol. The molecular formula is C18H23N3O3. The van der Waals surface area contributed by atoms with Crippen LogP contribution in [0.2, 0.25) is 0 Å². The van der Waals surface area contributed by atoms with Gasteiger partial charge in [-0.05, 0) is 36.2 Å². The SMILES string of the molecule is COCCNc1cc(C(=O)NCCc2ccc(OC)cc2)ccn1. The highest BCUT2D eigenvalue weighted by Crippen LogP contribution is 2.11. The number of rotatable bonds is 9. The molecule has 6 heteroatoms. The Hall–Kier alpha value is -2.60. The molecule has 0 bridgehead atoms. The number of carbonyl (C=O) groups excluding carboxylic acids is 1. The molecule has 0 fully saturated rings. The van der Waals surface area contributed by atoms with Crippen LogP contribution in [0.15, 0.2) is 42.6 Å². The van der Waals surface area contributed by atoms with E-state index in [-0.39, 0.29) is 5.91 Å². The first kappa shape index (κ1) is 17.7. The molecule has 1 heterocycles. The van der Waals surface area contributed by atoms with Crippen molar-refractivity contribution in [2.45, 2.75) is 6.42 Å². The lowest BCUT2D eigenvalue weighted by atomic mass is 10.1. The first-order chi connectivity index (χ1) is 11.7. The number of pyridine rings is 1. The fourth-order valence-corrected chi connectivity index (χ4v) is 2.16. The number of amides is 1. The quantitative estimate of drug-likeness (QED) is 0.690. The van der Waals surface area contributed by atoms with E-state index in [0.717, 1.165) is 17.7 Å². The zero-order valence-corrected chi connectivity index (χ0v) is 14.0. The minimum absolute atomic E-state index is 0.110. The van der Waals surface area contributed by atoms with Gasteiger partial charge in [0.2, 0.25) is 0 Å². The number of carbonyl (C=O) groups is 1. The lowest BCUT2D eigenvalue weighted by Gasteiger charge is -2.08. The highest BCUT2D eigenvalue weighted by molar-refractivity contribution is 5.94. The molecule has 0 aliphatic carbocycles. The Morgan fingerprint density at radius 1 is 1.12 bits per heavy atom. The molecule has 1 amide bonds. The number of nitrogens with one attached hydrogen (secondary N) is 2. The van der Waals surface area contributed by atoms with Crippen LogP contribution in [0.3, 0.4) is 0 Å². The third-order valence-electron chi connectivity index (χ3n) is 3.49. The van der Waals surface area contributed by atoms with Crippen LogP contribution < -0.4 is 15.4 Å². The number of hydrogen-bond donors (Lipinski definition) is 2. The van der Waals surface area contributed by atoms with Gasteiger partial charge in [0.05, 0.1) is 13.7 Å². The van der Waals surface area contributed by atoms with Crippen molar-refractivity contribution in [1.82, 2.24) is 10.3 Å². The van der Waals surface area contributed by atoms with Gasteiger partial charge in [0.15, 0.2) is 0 Å². The normalized spacial score (nSPS) is 10.2. The predicted molar refractivity (Wildman–Crippen MR) is 93.6 cm³/mol. The zero-order chi connectivity index (χ0) is 17.2. The van der Waals surface area contributed by atoms with Gasteiger partial charge in [-0.2, -0.15) is 0 Å². The predicted octanol–water partition coefficient (Wildman–Crippen LogP) is 2.12. The first-order valence-electron chi connectivity index (χ1n) is 7.83. The summed E-state index contributed by atoms with van der Waals surface area (Å²) in [5.41, 5.74) is 1.73. The molecule has 128 valence electrons. The summed E-state index contributed by atoms with van der Waals surface area (Å²) in [6.07, 6.45) is 2.38. The minimum Gasteiger partial charge on any atom is -0.497 e. The van der Waals surface area contributed by atoms with Crippen molar-refractivity contribution >= 4 is 11.7 Å². The summed E-state index contributed by atoms with van der Waals surface area (Å²) in [7, 11) is 3.28. The van der Waals surface area contributed by atoms with Crippen LogP contribution in [0.1, 0.15) is 15.9 Å². The van der Waals surface area contributed by atoms with E-state index in [0.29, 0.717) is 31.1 Å². The molecule has 1 aromatic heterocycles. The van der Waals surface area contributed by atoms with E-state index in [1.54, 1.807) is 32.5 Å². The van der Waals surface area contributed by atoms with E-state index in [2.05, 4.69) is 15.6 Å². The molecule has 0 spiro atoms. The zero-order valence-electron chi connectivity index (χ0n) is 14.0. The Bertz CT molecular complexity index is 644. The van der Waals surface area contributed by atoms with E-state index < -0.39 is 0 Å². The second kappa shape index (κ2) is 9.52. The fourth-order valence-electron chi connectivity index (χ4n) is 2.16. The Labute approximate surface area is 142 Å². The number of methoxy groups -OCH3 is 2. The van der Waals surface area contributed by atoms with Crippen LogP contribution in [0, 0.1) is 0 Å². The summed E-state index contributed by atoms with van der Waals surface area (Å²) in [5.74, 6) is 1.38. The first-order valence-corrected chi connectivity index (χ1v) is 7.83. The molecule has 2 rings (SSSR count). The molecule has 2 aromatic rings. The van der Waals surface area contributed by atoms with E-state index in [4.69, 9.17) is 9.47 Å². The summed E-state index contributed by atoms with van der Waals surface area (Å²) in [5, 5.41) is 6.03. The van der Waals surface area contributed by atoms with Gasteiger partial charge in [-0.15, -0.1) is 0 Å². The number of nitrogens with zero attached hydrogens (tertiary/aromatic N) is 1. The molecule has 0 aliphatic heterocycles. The van der Waals surface area contributed by atoms with Crippen LogP contribution in [0.4, 0.5) is 5.82 Å². The van der Waals surface area contributed by atoms with Crippen molar-refractivity contribution < 1.29 is 14.3 Å². The molecule has 0 aliphatic rings. The molecule has 1 aromatic carbocycles. The number of aromatic nitrogens is 1.